The first-order valence-corrected chi connectivity index (χ1v) is 14.4. The van der Waals surface area contributed by atoms with Crippen LogP contribution >= 0.6 is 0 Å². The van der Waals surface area contributed by atoms with Gasteiger partial charge in [0.1, 0.15) is 19.6 Å². The summed E-state index contributed by atoms with van der Waals surface area (Å²) in [5, 5.41) is 0. The first kappa shape index (κ1) is 27.9. The summed E-state index contributed by atoms with van der Waals surface area (Å²) < 4.78 is 1.09. The highest BCUT2D eigenvalue weighted by Gasteiger charge is 2.28. The largest absolute Gasteiger partial charge is 0.312 e. The fourth-order valence-electron chi connectivity index (χ4n) is 5.47. The van der Waals surface area contributed by atoms with Crippen molar-refractivity contribution in [2.75, 3.05) is 6.54 Å². The molecule has 0 saturated heterocycles. The van der Waals surface area contributed by atoms with Gasteiger partial charge in [0.15, 0.2) is 0 Å². The number of benzene rings is 3. The van der Waals surface area contributed by atoms with E-state index in [1.807, 2.05) is 6.08 Å². The van der Waals surface area contributed by atoms with Crippen LogP contribution in [0.15, 0.2) is 104 Å². The summed E-state index contributed by atoms with van der Waals surface area (Å²) in [4.78, 5) is 0. The first-order valence-electron chi connectivity index (χ1n) is 14.4. The van der Waals surface area contributed by atoms with E-state index in [1.54, 1.807) is 0 Å². The number of unbranched alkanes of at least 4 members (excludes halogenated alkanes) is 10. The van der Waals surface area contributed by atoms with Crippen LogP contribution in [0.2, 0.25) is 0 Å². The molecule has 0 radical (unpaired) electrons. The minimum absolute atomic E-state index is 1.08. The summed E-state index contributed by atoms with van der Waals surface area (Å²) in [6.45, 7) is 8.28. The van der Waals surface area contributed by atoms with E-state index in [1.165, 1.54) is 93.9 Å². The predicted molar refractivity (Wildman–Crippen MR) is 157 cm³/mol. The van der Waals surface area contributed by atoms with Crippen molar-refractivity contribution in [1.82, 2.24) is 0 Å². The lowest BCUT2D eigenvalue weighted by atomic mass is 10.0. The minimum Gasteiger partial charge on any atom is -0.312 e. The van der Waals surface area contributed by atoms with Gasteiger partial charge in [-0.05, 0) is 25.7 Å². The number of allylic oxidation sites excluding steroid dienone is 1. The molecule has 1 heteroatoms. The highest BCUT2D eigenvalue weighted by molar-refractivity contribution is 5.17. The predicted octanol–water partition coefficient (Wildman–Crippen LogP) is 9.88. The Hall–Kier alpha value is -2.64. The van der Waals surface area contributed by atoms with Crippen LogP contribution in [0.25, 0.3) is 0 Å². The second kappa shape index (κ2) is 16.9. The Morgan fingerprint density at radius 2 is 0.778 bits per heavy atom. The molecule has 3 aromatic rings. The maximum Gasteiger partial charge on any atom is 0.105 e. The molecule has 0 atom stereocenters. The summed E-state index contributed by atoms with van der Waals surface area (Å²) in [6.07, 6.45) is 16.9. The maximum atomic E-state index is 3.82. The second-order valence-corrected chi connectivity index (χ2v) is 10.6. The van der Waals surface area contributed by atoms with E-state index in [9.17, 15) is 0 Å². The molecular weight excluding hydrogens is 434 g/mol. The monoisotopic (exact) mass is 482 g/mol. The van der Waals surface area contributed by atoms with Gasteiger partial charge in [-0.1, -0.05) is 142 Å². The number of nitrogens with zero attached hydrogens (tertiary/aromatic N) is 1. The fraction of sp³-hybridized carbons (Fsp3) is 0.429. The summed E-state index contributed by atoms with van der Waals surface area (Å²) in [5.41, 5.74) is 4.33. The summed E-state index contributed by atoms with van der Waals surface area (Å²) in [6, 6.07) is 33.4. The van der Waals surface area contributed by atoms with Crippen LogP contribution in [0, 0.1) is 0 Å². The van der Waals surface area contributed by atoms with E-state index in [2.05, 4.69) is 97.6 Å². The van der Waals surface area contributed by atoms with Crippen molar-refractivity contribution < 1.29 is 4.48 Å². The van der Waals surface area contributed by atoms with Crippen LogP contribution in [0.4, 0.5) is 0 Å². The van der Waals surface area contributed by atoms with Gasteiger partial charge in [0.25, 0.3) is 0 Å². The van der Waals surface area contributed by atoms with Crippen molar-refractivity contribution in [2.45, 2.75) is 90.3 Å². The van der Waals surface area contributed by atoms with Crippen molar-refractivity contribution in [3.63, 3.8) is 0 Å². The molecule has 0 heterocycles. The molecule has 3 rings (SSSR count). The average Bonchev–Trinajstić information content (AvgIpc) is 2.91. The molecule has 0 amide bonds. The van der Waals surface area contributed by atoms with E-state index in [0.717, 1.165) is 24.1 Å². The normalized spacial score (nSPS) is 11.4. The number of hydrogen-bond donors (Lipinski definition) is 0. The van der Waals surface area contributed by atoms with Gasteiger partial charge in [0.2, 0.25) is 0 Å². The van der Waals surface area contributed by atoms with Crippen LogP contribution in [0.5, 0.6) is 0 Å². The van der Waals surface area contributed by atoms with Gasteiger partial charge < -0.3 is 4.48 Å². The van der Waals surface area contributed by atoms with Gasteiger partial charge in [0.05, 0.1) is 6.54 Å². The van der Waals surface area contributed by atoms with E-state index in [0.29, 0.717) is 0 Å². The summed E-state index contributed by atoms with van der Waals surface area (Å²) >= 11 is 0. The molecule has 0 N–H and O–H groups in total. The van der Waals surface area contributed by atoms with Crippen molar-refractivity contribution in [2.24, 2.45) is 0 Å². The molecule has 0 aliphatic carbocycles. The lowest BCUT2D eigenvalue weighted by Gasteiger charge is -2.39. The fourth-order valence-corrected chi connectivity index (χ4v) is 5.47. The molecule has 0 aromatic heterocycles. The molecule has 3 aromatic carbocycles. The van der Waals surface area contributed by atoms with E-state index < -0.39 is 0 Å². The van der Waals surface area contributed by atoms with Gasteiger partial charge in [-0.2, -0.15) is 0 Å². The Morgan fingerprint density at radius 3 is 1.14 bits per heavy atom. The third-order valence-corrected chi connectivity index (χ3v) is 7.37. The number of rotatable bonds is 19. The number of hydrogen-bond acceptors (Lipinski definition) is 0. The van der Waals surface area contributed by atoms with Crippen LogP contribution < -0.4 is 0 Å². The molecule has 0 unspecified atom stereocenters. The standard InChI is InChI=1S/C35H48N/c1-2-3-4-5-6-7-8-9-10-11-12-22-29-36(30-33-23-16-13-17-24-33,31-34-25-18-14-19-26-34)32-35-27-20-15-21-28-35/h2,13-21,23-28H,1,3-12,22,29-32H2/q+1. The molecule has 36 heavy (non-hydrogen) atoms. The Labute approximate surface area is 221 Å². The van der Waals surface area contributed by atoms with Crippen LogP contribution in [-0.2, 0) is 19.6 Å². The SMILES string of the molecule is C=CCCCCCCCCCCCC[N+](Cc1ccccc1)(Cc1ccccc1)Cc1ccccc1. The zero-order valence-corrected chi connectivity index (χ0v) is 22.5. The molecule has 0 saturated carbocycles. The van der Waals surface area contributed by atoms with Crippen molar-refractivity contribution in [3.8, 4) is 0 Å². The third-order valence-electron chi connectivity index (χ3n) is 7.37. The second-order valence-electron chi connectivity index (χ2n) is 10.6. The third kappa shape index (κ3) is 11.0. The summed E-state index contributed by atoms with van der Waals surface area (Å²) in [7, 11) is 0. The highest BCUT2D eigenvalue weighted by Crippen LogP contribution is 2.26. The van der Waals surface area contributed by atoms with Crippen molar-refractivity contribution >= 4 is 0 Å². The van der Waals surface area contributed by atoms with Gasteiger partial charge in [0, 0.05) is 16.7 Å². The molecule has 0 fully saturated rings. The van der Waals surface area contributed by atoms with E-state index in [-0.39, 0.29) is 0 Å². The zero-order chi connectivity index (χ0) is 25.2. The zero-order valence-electron chi connectivity index (χ0n) is 22.5. The molecular formula is C35H48N+. The van der Waals surface area contributed by atoms with Crippen molar-refractivity contribution in [3.05, 3.63) is 120 Å². The van der Waals surface area contributed by atoms with Crippen LogP contribution in [0.3, 0.4) is 0 Å². The first-order chi connectivity index (χ1) is 17.8. The highest BCUT2D eigenvalue weighted by atomic mass is 15.3. The Bertz CT molecular complexity index is 831. The van der Waals surface area contributed by atoms with Crippen molar-refractivity contribution in [1.29, 1.82) is 0 Å². The lowest BCUT2D eigenvalue weighted by molar-refractivity contribution is -0.966. The van der Waals surface area contributed by atoms with Gasteiger partial charge in [-0.25, -0.2) is 0 Å². The van der Waals surface area contributed by atoms with Gasteiger partial charge in [-0.15, -0.1) is 6.58 Å². The number of quaternary nitrogens is 1. The Morgan fingerprint density at radius 1 is 0.444 bits per heavy atom. The maximum absolute atomic E-state index is 3.82. The Balaban J connectivity index is 1.57. The molecule has 1 nitrogen and oxygen atoms in total. The molecule has 0 aliphatic rings. The smallest absolute Gasteiger partial charge is 0.105 e. The van der Waals surface area contributed by atoms with Crippen LogP contribution in [0.1, 0.15) is 87.3 Å². The van der Waals surface area contributed by atoms with E-state index >= 15 is 0 Å². The Kier molecular flexibility index (Phi) is 13.1. The molecule has 0 spiro atoms. The van der Waals surface area contributed by atoms with Gasteiger partial charge in [-0.3, -0.25) is 0 Å². The topological polar surface area (TPSA) is 0 Å². The van der Waals surface area contributed by atoms with E-state index in [4.69, 9.17) is 0 Å². The van der Waals surface area contributed by atoms with Gasteiger partial charge >= 0.3 is 0 Å². The minimum atomic E-state index is 1.08. The lowest BCUT2D eigenvalue weighted by Crippen LogP contribution is -2.46. The summed E-state index contributed by atoms with van der Waals surface area (Å²) in [5.74, 6) is 0. The average molecular weight is 483 g/mol. The molecule has 192 valence electrons. The molecule has 0 aliphatic heterocycles. The molecule has 0 bridgehead atoms. The van der Waals surface area contributed by atoms with Crippen LogP contribution in [-0.4, -0.2) is 11.0 Å². The quantitative estimate of drug-likeness (QED) is 0.0905.